The molecule has 2 atom stereocenters. The second-order valence-corrected chi connectivity index (χ2v) is 5.87. The lowest BCUT2D eigenvalue weighted by Gasteiger charge is -2.35. The molecule has 0 spiro atoms. The molecule has 1 aromatic rings. The number of amides is 1. The average Bonchev–Trinajstić information content (AvgIpc) is 2.41. The number of nitrogens with zero attached hydrogens (tertiary/aromatic N) is 1. The average molecular weight is 314 g/mol. The fourth-order valence-electron chi connectivity index (χ4n) is 2.68. The van der Waals surface area contributed by atoms with Gasteiger partial charge in [-0.05, 0) is 30.0 Å². The molecule has 2 rings (SSSR count). The highest BCUT2D eigenvalue weighted by Crippen LogP contribution is 2.25. The number of piperidine rings is 1. The Morgan fingerprint density at radius 2 is 2.19 bits per heavy atom. The third-order valence-electron chi connectivity index (χ3n) is 3.93. The molecular formula is C15H17ClFNO3. The van der Waals surface area contributed by atoms with Crippen molar-refractivity contribution in [1.29, 1.82) is 0 Å². The molecular weight excluding hydrogens is 297 g/mol. The number of carbonyl (C=O) groups excluding carboxylic acids is 1. The molecule has 0 radical (unpaired) electrons. The summed E-state index contributed by atoms with van der Waals surface area (Å²) in [6.45, 7) is 2.69. The van der Waals surface area contributed by atoms with Crippen molar-refractivity contribution in [3.8, 4) is 0 Å². The molecule has 1 amide bonds. The van der Waals surface area contributed by atoms with Crippen LogP contribution in [0.4, 0.5) is 4.39 Å². The Morgan fingerprint density at radius 1 is 1.48 bits per heavy atom. The molecule has 0 saturated carbocycles. The van der Waals surface area contributed by atoms with Gasteiger partial charge in [-0.25, -0.2) is 4.39 Å². The van der Waals surface area contributed by atoms with E-state index in [1.165, 1.54) is 18.2 Å². The van der Waals surface area contributed by atoms with Crippen LogP contribution >= 0.6 is 11.6 Å². The SMILES string of the molecule is CC1CN(C(=O)Cc2ccc(F)cc2Cl)CCC1C(=O)O. The molecule has 114 valence electrons. The maximum atomic E-state index is 13.0. The molecule has 1 aliphatic heterocycles. The maximum absolute atomic E-state index is 13.0. The van der Waals surface area contributed by atoms with Gasteiger partial charge in [-0.15, -0.1) is 0 Å². The number of hydrogen-bond acceptors (Lipinski definition) is 2. The highest BCUT2D eigenvalue weighted by atomic mass is 35.5. The number of rotatable bonds is 3. The fraction of sp³-hybridized carbons (Fsp3) is 0.467. The van der Waals surface area contributed by atoms with Crippen LogP contribution in [0.25, 0.3) is 0 Å². The minimum absolute atomic E-state index is 0.0797. The zero-order chi connectivity index (χ0) is 15.6. The van der Waals surface area contributed by atoms with E-state index in [0.717, 1.165) is 0 Å². The van der Waals surface area contributed by atoms with Crippen molar-refractivity contribution in [2.45, 2.75) is 19.8 Å². The summed E-state index contributed by atoms with van der Waals surface area (Å²) < 4.78 is 13.0. The monoisotopic (exact) mass is 313 g/mol. The largest absolute Gasteiger partial charge is 0.481 e. The molecule has 0 aliphatic carbocycles. The van der Waals surface area contributed by atoms with Crippen LogP contribution < -0.4 is 0 Å². The van der Waals surface area contributed by atoms with Crippen LogP contribution in [0.2, 0.25) is 5.02 Å². The van der Waals surface area contributed by atoms with E-state index < -0.39 is 17.7 Å². The molecule has 0 bridgehead atoms. The third-order valence-corrected chi connectivity index (χ3v) is 4.28. The number of carboxylic acids is 1. The zero-order valence-corrected chi connectivity index (χ0v) is 12.4. The second kappa shape index (κ2) is 6.43. The van der Waals surface area contributed by atoms with E-state index in [9.17, 15) is 14.0 Å². The Labute approximate surface area is 127 Å². The molecule has 1 aromatic carbocycles. The first-order valence-corrected chi connectivity index (χ1v) is 7.20. The van der Waals surface area contributed by atoms with Crippen molar-refractivity contribution >= 4 is 23.5 Å². The molecule has 1 N–H and O–H groups in total. The van der Waals surface area contributed by atoms with Crippen molar-refractivity contribution < 1.29 is 19.1 Å². The van der Waals surface area contributed by atoms with Gasteiger partial charge in [0.1, 0.15) is 5.82 Å². The molecule has 0 aromatic heterocycles. The number of carboxylic acid groups (broad SMARTS) is 1. The van der Waals surface area contributed by atoms with Crippen LogP contribution in [0.15, 0.2) is 18.2 Å². The van der Waals surface area contributed by atoms with Gasteiger partial charge in [0.15, 0.2) is 0 Å². The van der Waals surface area contributed by atoms with Gasteiger partial charge in [-0.2, -0.15) is 0 Å². The van der Waals surface area contributed by atoms with Crippen LogP contribution in [0.3, 0.4) is 0 Å². The molecule has 1 saturated heterocycles. The van der Waals surface area contributed by atoms with Gasteiger partial charge in [-0.3, -0.25) is 9.59 Å². The summed E-state index contributed by atoms with van der Waals surface area (Å²) in [5.41, 5.74) is 0.580. The first-order valence-electron chi connectivity index (χ1n) is 6.83. The van der Waals surface area contributed by atoms with Crippen molar-refractivity contribution in [2.24, 2.45) is 11.8 Å². The zero-order valence-electron chi connectivity index (χ0n) is 11.7. The molecule has 1 heterocycles. The normalized spacial score (nSPS) is 22.1. The molecule has 1 aliphatic rings. The first-order chi connectivity index (χ1) is 9.88. The lowest BCUT2D eigenvalue weighted by atomic mass is 9.87. The summed E-state index contributed by atoms with van der Waals surface area (Å²) in [5.74, 6) is -1.84. The molecule has 4 nitrogen and oxygen atoms in total. The van der Waals surface area contributed by atoms with E-state index in [1.54, 1.807) is 4.90 Å². The Hall–Kier alpha value is -1.62. The van der Waals surface area contributed by atoms with Crippen molar-refractivity contribution in [1.82, 2.24) is 4.90 Å². The molecule has 1 fully saturated rings. The number of likely N-dealkylation sites (tertiary alicyclic amines) is 1. The van der Waals surface area contributed by atoms with Gasteiger partial charge >= 0.3 is 5.97 Å². The number of aliphatic carboxylic acids is 1. The minimum Gasteiger partial charge on any atom is -0.481 e. The summed E-state index contributed by atoms with van der Waals surface area (Å²) in [6.07, 6.45) is 0.558. The van der Waals surface area contributed by atoms with E-state index in [1.807, 2.05) is 6.92 Å². The van der Waals surface area contributed by atoms with Gasteiger partial charge in [0.2, 0.25) is 5.91 Å². The lowest BCUT2D eigenvalue weighted by molar-refractivity contribution is -0.148. The fourth-order valence-corrected chi connectivity index (χ4v) is 2.91. The highest BCUT2D eigenvalue weighted by molar-refractivity contribution is 6.31. The smallest absolute Gasteiger partial charge is 0.306 e. The summed E-state index contributed by atoms with van der Waals surface area (Å²) in [6, 6.07) is 3.96. The summed E-state index contributed by atoms with van der Waals surface area (Å²) in [4.78, 5) is 25.0. The molecule has 2 unspecified atom stereocenters. The van der Waals surface area contributed by atoms with E-state index in [4.69, 9.17) is 16.7 Å². The lowest BCUT2D eigenvalue weighted by Crippen LogP contribution is -2.45. The Kier molecular flexibility index (Phi) is 4.83. The Bertz CT molecular complexity index is 564. The summed E-state index contributed by atoms with van der Waals surface area (Å²) in [7, 11) is 0. The van der Waals surface area contributed by atoms with Gasteiger partial charge < -0.3 is 10.0 Å². The second-order valence-electron chi connectivity index (χ2n) is 5.46. The van der Waals surface area contributed by atoms with Crippen LogP contribution in [0.1, 0.15) is 18.9 Å². The van der Waals surface area contributed by atoms with Crippen LogP contribution in [0.5, 0.6) is 0 Å². The standard InChI is InChI=1S/C15H17ClFNO3/c1-9-8-18(5-4-12(9)15(20)21)14(19)6-10-2-3-11(17)7-13(10)16/h2-3,7,9,12H,4-6,8H2,1H3,(H,20,21). The Morgan fingerprint density at radius 3 is 2.76 bits per heavy atom. The van der Waals surface area contributed by atoms with Crippen LogP contribution in [-0.4, -0.2) is 35.0 Å². The maximum Gasteiger partial charge on any atom is 0.306 e. The predicted octanol–water partition coefficient (Wildman–Crippen LogP) is 2.59. The van der Waals surface area contributed by atoms with Crippen molar-refractivity contribution in [3.63, 3.8) is 0 Å². The van der Waals surface area contributed by atoms with E-state index in [0.29, 0.717) is 25.1 Å². The molecule has 6 heteroatoms. The third kappa shape index (κ3) is 3.73. The number of hydrogen-bond donors (Lipinski definition) is 1. The molecule has 21 heavy (non-hydrogen) atoms. The van der Waals surface area contributed by atoms with E-state index >= 15 is 0 Å². The van der Waals surface area contributed by atoms with Gasteiger partial charge in [0.25, 0.3) is 0 Å². The summed E-state index contributed by atoms with van der Waals surface area (Å²) >= 11 is 5.92. The quantitative estimate of drug-likeness (QED) is 0.933. The van der Waals surface area contributed by atoms with Crippen molar-refractivity contribution in [3.05, 3.63) is 34.6 Å². The van der Waals surface area contributed by atoms with Gasteiger partial charge in [-0.1, -0.05) is 24.6 Å². The van der Waals surface area contributed by atoms with Crippen LogP contribution in [-0.2, 0) is 16.0 Å². The van der Waals surface area contributed by atoms with E-state index in [2.05, 4.69) is 0 Å². The number of carbonyl (C=O) groups is 2. The number of benzene rings is 1. The number of halogens is 2. The highest BCUT2D eigenvalue weighted by Gasteiger charge is 2.32. The van der Waals surface area contributed by atoms with Gasteiger partial charge in [0, 0.05) is 18.1 Å². The van der Waals surface area contributed by atoms with E-state index in [-0.39, 0.29) is 23.3 Å². The topological polar surface area (TPSA) is 57.6 Å². The Balaban J connectivity index is 2.00. The van der Waals surface area contributed by atoms with Crippen molar-refractivity contribution in [2.75, 3.05) is 13.1 Å². The minimum atomic E-state index is -0.809. The van der Waals surface area contributed by atoms with Crippen LogP contribution in [0, 0.1) is 17.7 Å². The first kappa shape index (κ1) is 15.8. The summed E-state index contributed by atoms with van der Waals surface area (Å²) in [5, 5.41) is 9.31. The predicted molar refractivity (Wildman–Crippen MR) is 76.6 cm³/mol. The van der Waals surface area contributed by atoms with Gasteiger partial charge in [0.05, 0.1) is 12.3 Å².